The maximum absolute atomic E-state index is 13.3. The monoisotopic (exact) mass is 476 g/mol. The van der Waals surface area contributed by atoms with E-state index in [9.17, 15) is 14.7 Å². The Kier molecular flexibility index (Phi) is 6.44. The molecule has 3 aromatic rings. The minimum Gasteiger partial charge on any atom is -0.507 e. The van der Waals surface area contributed by atoms with E-state index < -0.39 is 17.7 Å². The quantitative estimate of drug-likeness (QED) is 0.286. The van der Waals surface area contributed by atoms with Crippen molar-refractivity contribution in [1.82, 2.24) is 4.98 Å². The van der Waals surface area contributed by atoms with E-state index in [1.807, 2.05) is 32.9 Å². The molecule has 7 heteroatoms. The average molecular weight is 477 g/mol. The number of benzene rings is 2. The molecule has 174 valence electrons. The molecule has 0 aliphatic carbocycles. The molecule has 0 spiro atoms. The van der Waals surface area contributed by atoms with E-state index in [0.29, 0.717) is 33.3 Å². The van der Waals surface area contributed by atoms with Gasteiger partial charge in [-0.1, -0.05) is 37.6 Å². The number of amides is 1. The fourth-order valence-electron chi connectivity index (χ4n) is 4.27. The lowest BCUT2D eigenvalue weighted by atomic mass is 9.92. The summed E-state index contributed by atoms with van der Waals surface area (Å²) < 4.78 is 5.51. The number of methoxy groups -OCH3 is 1. The SMILES string of the molecule is COc1cc(C)c(/C(O)=C2\C(=O)C(=O)N(c3cccc(Cl)c3)C2c2ccccn2)cc1C(C)C. The van der Waals surface area contributed by atoms with Gasteiger partial charge in [0.05, 0.1) is 18.4 Å². The van der Waals surface area contributed by atoms with Crippen molar-refractivity contribution in [3.8, 4) is 5.75 Å². The molecule has 1 aliphatic heterocycles. The third kappa shape index (κ3) is 4.05. The summed E-state index contributed by atoms with van der Waals surface area (Å²) >= 11 is 6.18. The maximum Gasteiger partial charge on any atom is 0.300 e. The number of aromatic nitrogens is 1. The van der Waals surface area contributed by atoms with E-state index in [4.69, 9.17) is 16.3 Å². The molecule has 0 bridgehead atoms. The van der Waals surface area contributed by atoms with Crippen molar-refractivity contribution in [2.24, 2.45) is 0 Å². The topological polar surface area (TPSA) is 79.7 Å². The molecule has 1 unspecified atom stereocenters. The number of carbonyl (C=O) groups excluding carboxylic acids is 2. The van der Waals surface area contributed by atoms with Crippen LogP contribution in [0.15, 0.2) is 66.4 Å². The van der Waals surface area contributed by atoms with Crippen LogP contribution in [0.5, 0.6) is 5.75 Å². The summed E-state index contributed by atoms with van der Waals surface area (Å²) in [5.74, 6) is -0.975. The van der Waals surface area contributed by atoms with E-state index in [1.165, 1.54) is 4.90 Å². The minimum absolute atomic E-state index is 0.0216. The molecular weight excluding hydrogens is 452 g/mol. The summed E-state index contributed by atoms with van der Waals surface area (Å²) in [5, 5.41) is 11.9. The molecular formula is C27H25ClN2O4. The van der Waals surface area contributed by atoms with E-state index in [-0.39, 0.29) is 17.3 Å². The number of aliphatic hydroxyl groups is 1. The summed E-state index contributed by atoms with van der Waals surface area (Å²) in [4.78, 5) is 32.3. The number of hydrogen-bond donors (Lipinski definition) is 1. The number of carbonyl (C=O) groups is 2. The lowest BCUT2D eigenvalue weighted by Gasteiger charge is -2.25. The van der Waals surface area contributed by atoms with Gasteiger partial charge < -0.3 is 9.84 Å². The van der Waals surface area contributed by atoms with Gasteiger partial charge in [0.15, 0.2) is 0 Å². The maximum atomic E-state index is 13.3. The Morgan fingerprint density at radius 3 is 2.50 bits per heavy atom. The van der Waals surface area contributed by atoms with Crippen molar-refractivity contribution in [1.29, 1.82) is 0 Å². The molecule has 1 N–H and O–H groups in total. The van der Waals surface area contributed by atoms with Crippen LogP contribution in [0.1, 0.15) is 48.2 Å². The van der Waals surface area contributed by atoms with Crippen LogP contribution >= 0.6 is 11.6 Å². The first kappa shape index (κ1) is 23.5. The fraction of sp³-hybridized carbons (Fsp3) is 0.222. The van der Waals surface area contributed by atoms with Gasteiger partial charge in [-0.2, -0.15) is 0 Å². The van der Waals surface area contributed by atoms with Crippen molar-refractivity contribution in [3.63, 3.8) is 0 Å². The Balaban J connectivity index is 1.98. The Hall–Kier alpha value is -3.64. The first-order valence-corrected chi connectivity index (χ1v) is 11.3. The van der Waals surface area contributed by atoms with Gasteiger partial charge in [-0.05, 0) is 66.4 Å². The van der Waals surface area contributed by atoms with Crippen molar-refractivity contribution in [2.75, 3.05) is 12.0 Å². The van der Waals surface area contributed by atoms with Gasteiger partial charge in [0.1, 0.15) is 17.6 Å². The molecule has 0 saturated carbocycles. The number of ketones is 1. The average Bonchev–Trinajstić information content (AvgIpc) is 3.09. The predicted octanol–water partition coefficient (Wildman–Crippen LogP) is 5.80. The number of Topliss-reactive ketones (excluding diaryl/α,β-unsaturated/α-hetero) is 1. The number of aliphatic hydroxyl groups excluding tert-OH is 1. The summed E-state index contributed by atoms with van der Waals surface area (Å²) in [6, 6.07) is 14.7. The second-order valence-corrected chi connectivity index (χ2v) is 8.90. The molecule has 4 rings (SSSR count). The van der Waals surface area contributed by atoms with E-state index in [0.717, 1.165) is 5.56 Å². The van der Waals surface area contributed by atoms with Gasteiger partial charge in [0.25, 0.3) is 11.7 Å². The largest absolute Gasteiger partial charge is 0.507 e. The van der Waals surface area contributed by atoms with Gasteiger partial charge in [0.2, 0.25) is 0 Å². The fourth-order valence-corrected chi connectivity index (χ4v) is 4.45. The lowest BCUT2D eigenvalue weighted by Crippen LogP contribution is -2.29. The molecule has 1 amide bonds. The third-order valence-corrected chi connectivity index (χ3v) is 6.19. The van der Waals surface area contributed by atoms with Crippen molar-refractivity contribution < 1.29 is 19.4 Å². The van der Waals surface area contributed by atoms with Gasteiger partial charge in [0, 0.05) is 22.5 Å². The number of ether oxygens (including phenoxy) is 1. The van der Waals surface area contributed by atoms with Crippen LogP contribution in [-0.4, -0.2) is 28.9 Å². The molecule has 34 heavy (non-hydrogen) atoms. The lowest BCUT2D eigenvalue weighted by molar-refractivity contribution is -0.132. The van der Waals surface area contributed by atoms with Crippen LogP contribution in [0.25, 0.3) is 5.76 Å². The van der Waals surface area contributed by atoms with Gasteiger partial charge >= 0.3 is 0 Å². The molecule has 6 nitrogen and oxygen atoms in total. The number of anilines is 1. The first-order chi connectivity index (χ1) is 16.2. The molecule has 2 aromatic carbocycles. The van der Waals surface area contributed by atoms with Gasteiger partial charge in [-0.15, -0.1) is 0 Å². The number of aryl methyl sites for hydroxylation is 1. The number of nitrogens with zero attached hydrogens (tertiary/aromatic N) is 2. The molecule has 1 atom stereocenters. The van der Waals surface area contributed by atoms with Crippen LogP contribution in [0.2, 0.25) is 5.02 Å². The Morgan fingerprint density at radius 2 is 1.88 bits per heavy atom. The molecule has 0 radical (unpaired) electrons. The summed E-state index contributed by atoms with van der Waals surface area (Å²) in [6.07, 6.45) is 1.59. The number of rotatable bonds is 5. The summed E-state index contributed by atoms with van der Waals surface area (Å²) in [5.41, 5.74) is 2.94. The number of halogens is 1. The zero-order valence-corrected chi connectivity index (χ0v) is 20.1. The van der Waals surface area contributed by atoms with Crippen LogP contribution in [0.3, 0.4) is 0 Å². The Bertz CT molecular complexity index is 1300. The molecule has 1 aromatic heterocycles. The highest BCUT2D eigenvalue weighted by Gasteiger charge is 2.47. The molecule has 1 aliphatic rings. The molecule has 1 fully saturated rings. The highest BCUT2D eigenvalue weighted by atomic mass is 35.5. The van der Waals surface area contributed by atoms with Crippen LogP contribution in [0, 0.1) is 6.92 Å². The van der Waals surface area contributed by atoms with Crippen LogP contribution in [0.4, 0.5) is 5.69 Å². The summed E-state index contributed by atoms with van der Waals surface area (Å²) in [6.45, 7) is 5.86. The minimum atomic E-state index is -0.913. The first-order valence-electron chi connectivity index (χ1n) is 10.9. The highest BCUT2D eigenvalue weighted by Crippen LogP contribution is 2.43. The summed E-state index contributed by atoms with van der Waals surface area (Å²) in [7, 11) is 1.60. The smallest absolute Gasteiger partial charge is 0.300 e. The van der Waals surface area contributed by atoms with Crippen LogP contribution < -0.4 is 9.64 Å². The molecule has 1 saturated heterocycles. The number of hydrogen-bond acceptors (Lipinski definition) is 5. The van der Waals surface area contributed by atoms with Crippen molar-refractivity contribution >= 4 is 34.7 Å². The standard InChI is InChI=1S/C27H25ClN2O4/c1-15(2)19-14-20(16(3)12-22(19)34-4)25(31)23-24(21-10-5-6-11-29-21)30(27(33)26(23)32)18-9-7-8-17(28)13-18/h5-15,24,31H,1-4H3/b25-23+. The Labute approximate surface area is 203 Å². The third-order valence-electron chi connectivity index (χ3n) is 5.95. The van der Waals surface area contributed by atoms with E-state index >= 15 is 0 Å². The zero-order chi connectivity index (χ0) is 24.6. The predicted molar refractivity (Wildman–Crippen MR) is 132 cm³/mol. The second kappa shape index (κ2) is 9.31. The van der Waals surface area contributed by atoms with E-state index in [1.54, 1.807) is 55.8 Å². The van der Waals surface area contributed by atoms with Crippen molar-refractivity contribution in [3.05, 3.63) is 93.8 Å². The number of pyridine rings is 1. The van der Waals surface area contributed by atoms with Crippen LogP contribution in [-0.2, 0) is 9.59 Å². The second-order valence-electron chi connectivity index (χ2n) is 8.47. The zero-order valence-electron chi connectivity index (χ0n) is 19.4. The van der Waals surface area contributed by atoms with Gasteiger partial charge in [-0.3, -0.25) is 19.5 Å². The normalized spacial score (nSPS) is 17.5. The molecule has 2 heterocycles. The van der Waals surface area contributed by atoms with Gasteiger partial charge in [-0.25, -0.2) is 0 Å². The van der Waals surface area contributed by atoms with Crippen molar-refractivity contribution in [2.45, 2.75) is 32.7 Å². The highest BCUT2D eigenvalue weighted by molar-refractivity contribution is 6.51. The Morgan fingerprint density at radius 1 is 1.12 bits per heavy atom. The van der Waals surface area contributed by atoms with E-state index in [2.05, 4.69) is 4.98 Å².